The summed E-state index contributed by atoms with van der Waals surface area (Å²) in [6.07, 6.45) is 8.73. The second-order valence-corrected chi connectivity index (χ2v) is 8.55. The van der Waals surface area contributed by atoms with Gasteiger partial charge in [0, 0.05) is 42.6 Å². The molecule has 9 heteroatoms. The number of anilines is 3. The molecule has 1 unspecified atom stereocenters. The standard InChI is InChI=1S/C23H26F2N5OP/c1-16-13-28-22(15-27-16)29-11-8-19(9-12-29)30(20-14-26-10-7-21(20)31-2)18-5-3-17(4-6-18)23(24,25)32/h3-7,10,13-15,19H,8-9,11-12,32H2,1-2H3. The predicted molar refractivity (Wildman–Crippen MR) is 125 cm³/mol. The fourth-order valence-corrected chi connectivity index (χ4v) is 4.21. The van der Waals surface area contributed by atoms with E-state index < -0.39 is 5.66 Å². The first kappa shape index (κ1) is 22.3. The average Bonchev–Trinajstić information content (AvgIpc) is 2.80. The van der Waals surface area contributed by atoms with Crippen LogP contribution < -0.4 is 14.5 Å². The van der Waals surface area contributed by atoms with Crippen LogP contribution in [0, 0.1) is 6.92 Å². The van der Waals surface area contributed by atoms with Crippen molar-refractivity contribution >= 4 is 26.4 Å². The lowest BCUT2D eigenvalue weighted by atomic mass is 10.0. The molecule has 0 amide bonds. The van der Waals surface area contributed by atoms with E-state index in [0.717, 1.165) is 48.8 Å². The van der Waals surface area contributed by atoms with Crippen molar-refractivity contribution in [1.29, 1.82) is 0 Å². The first-order valence-corrected chi connectivity index (χ1v) is 11.0. The molecule has 0 saturated carbocycles. The lowest BCUT2D eigenvalue weighted by Crippen LogP contribution is -2.43. The molecule has 1 aromatic carbocycles. The van der Waals surface area contributed by atoms with E-state index >= 15 is 0 Å². The van der Waals surface area contributed by atoms with Gasteiger partial charge < -0.3 is 14.5 Å². The number of halogens is 2. The Morgan fingerprint density at radius 3 is 2.38 bits per heavy atom. The minimum atomic E-state index is -2.96. The predicted octanol–water partition coefficient (Wildman–Crippen LogP) is 4.92. The number of benzene rings is 1. The first-order chi connectivity index (χ1) is 15.4. The Morgan fingerprint density at radius 1 is 1.06 bits per heavy atom. The molecule has 0 radical (unpaired) electrons. The fraction of sp³-hybridized carbons (Fsp3) is 0.348. The Morgan fingerprint density at radius 2 is 1.78 bits per heavy atom. The van der Waals surface area contributed by atoms with Gasteiger partial charge in [-0.25, -0.2) is 4.98 Å². The molecule has 0 bridgehead atoms. The van der Waals surface area contributed by atoms with E-state index in [1.165, 1.54) is 12.1 Å². The molecule has 4 rings (SSSR count). The van der Waals surface area contributed by atoms with Gasteiger partial charge in [0.1, 0.15) is 17.3 Å². The molecule has 0 N–H and O–H groups in total. The van der Waals surface area contributed by atoms with Gasteiger partial charge in [0.05, 0.1) is 31.4 Å². The van der Waals surface area contributed by atoms with Crippen molar-refractivity contribution in [3.8, 4) is 5.75 Å². The highest BCUT2D eigenvalue weighted by Crippen LogP contribution is 2.40. The summed E-state index contributed by atoms with van der Waals surface area (Å²) < 4.78 is 33.0. The Balaban J connectivity index is 1.62. The van der Waals surface area contributed by atoms with Crippen molar-refractivity contribution in [1.82, 2.24) is 15.0 Å². The van der Waals surface area contributed by atoms with Gasteiger partial charge in [-0.3, -0.25) is 9.97 Å². The molecule has 3 heterocycles. The number of nitrogens with zero attached hydrogens (tertiary/aromatic N) is 5. The van der Waals surface area contributed by atoms with Gasteiger partial charge in [0.25, 0.3) is 5.66 Å². The number of pyridine rings is 1. The largest absolute Gasteiger partial charge is 0.494 e. The summed E-state index contributed by atoms with van der Waals surface area (Å²) in [6, 6.07) is 8.36. The smallest absolute Gasteiger partial charge is 0.283 e. The van der Waals surface area contributed by atoms with Gasteiger partial charge in [0.2, 0.25) is 0 Å². The summed E-state index contributed by atoms with van der Waals surface area (Å²) in [5.74, 6) is 1.55. The van der Waals surface area contributed by atoms with E-state index in [1.807, 2.05) is 13.0 Å². The third-order valence-corrected chi connectivity index (χ3v) is 6.03. The minimum absolute atomic E-state index is 0.0443. The molecule has 32 heavy (non-hydrogen) atoms. The summed E-state index contributed by atoms with van der Waals surface area (Å²) in [7, 11) is 3.21. The highest BCUT2D eigenvalue weighted by molar-refractivity contribution is 7.17. The quantitative estimate of drug-likeness (QED) is 0.490. The van der Waals surface area contributed by atoms with Crippen molar-refractivity contribution in [2.24, 2.45) is 0 Å². The molecule has 1 fully saturated rings. The van der Waals surface area contributed by atoms with Crippen LogP contribution in [0.4, 0.5) is 26.0 Å². The number of hydrogen-bond donors (Lipinski definition) is 0. The Labute approximate surface area is 188 Å². The van der Waals surface area contributed by atoms with Gasteiger partial charge in [-0.2, -0.15) is 8.78 Å². The van der Waals surface area contributed by atoms with Gasteiger partial charge >= 0.3 is 0 Å². The van der Waals surface area contributed by atoms with Crippen LogP contribution >= 0.6 is 9.24 Å². The topological polar surface area (TPSA) is 54.4 Å². The zero-order valence-corrected chi connectivity index (χ0v) is 19.2. The Bertz CT molecular complexity index is 1040. The van der Waals surface area contributed by atoms with Crippen LogP contribution in [-0.2, 0) is 5.66 Å². The molecule has 2 aromatic heterocycles. The number of piperidine rings is 1. The van der Waals surface area contributed by atoms with Gasteiger partial charge in [0.15, 0.2) is 0 Å². The maximum Gasteiger partial charge on any atom is 0.283 e. The highest BCUT2D eigenvalue weighted by Gasteiger charge is 2.30. The minimum Gasteiger partial charge on any atom is -0.494 e. The van der Waals surface area contributed by atoms with Crippen molar-refractivity contribution in [3.05, 3.63) is 66.4 Å². The van der Waals surface area contributed by atoms with Crippen molar-refractivity contribution < 1.29 is 13.5 Å². The molecule has 1 atom stereocenters. The molecular formula is C23H26F2N5OP. The average molecular weight is 457 g/mol. The van der Waals surface area contributed by atoms with Crippen LogP contribution in [0.2, 0.25) is 0 Å². The molecule has 1 aliphatic rings. The Hall–Kier alpha value is -2.86. The van der Waals surface area contributed by atoms with E-state index in [9.17, 15) is 8.78 Å². The Kier molecular flexibility index (Phi) is 6.51. The number of alkyl halides is 2. The second kappa shape index (κ2) is 9.33. The summed E-state index contributed by atoms with van der Waals surface area (Å²) in [4.78, 5) is 17.5. The molecule has 1 aliphatic heterocycles. The van der Waals surface area contributed by atoms with Crippen LogP contribution in [0.15, 0.2) is 55.1 Å². The molecule has 1 saturated heterocycles. The van der Waals surface area contributed by atoms with Crippen LogP contribution in [0.1, 0.15) is 24.1 Å². The maximum absolute atomic E-state index is 13.7. The van der Waals surface area contributed by atoms with Crippen LogP contribution in [0.25, 0.3) is 0 Å². The van der Waals surface area contributed by atoms with Crippen LogP contribution in [0.3, 0.4) is 0 Å². The van der Waals surface area contributed by atoms with Crippen molar-refractivity contribution in [2.45, 2.75) is 31.5 Å². The molecule has 0 spiro atoms. The lowest BCUT2D eigenvalue weighted by molar-refractivity contribution is 0.104. The second-order valence-electron chi connectivity index (χ2n) is 7.82. The monoisotopic (exact) mass is 457 g/mol. The van der Waals surface area contributed by atoms with Gasteiger partial charge in [-0.15, -0.1) is 0 Å². The van der Waals surface area contributed by atoms with Crippen LogP contribution in [0.5, 0.6) is 5.75 Å². The maximum atomic E-state index is 13.7. The number of methoxy groups -OCH3 is 1. The van der Waals surface area contributed by atoms with Gasteiger partial charge in [-0.05, 0) is 31.9 Å². The van der Waals surface area contributed by atoms with Crippen molar-refractivity contribution in [2.75, 3.05) is 30.0 Å². The summed E-state index contributed by atoms with van der Waals surface area (Å²) in [5, 5.41) is 0. The molecule has 168 valence electrons. The molecular weight excluding hydrogens is 431 g/mol. The van der Waals surface area contributed by atoms with Crippen LogP contribution in [-0.4, -0.2) is 41.2 Å². The van der Waals surface area contributed by atoms with E-state index in [-0.39, 0.29) is 11.6 Å². The first-order valence-electron chi connectivity index (χ1n) is 10.4. The SMILES string of the molecule is COc1ccncc1N(c1ccc(C(F)(F)P)cc1)C1CCN(c2cnc(C)cn2)CC1. The highest BCUT2D eigenvalue weighted by atomic mass is 31.0. The van der Waals surface area contributed by atoms with E-state index in [0.29, 0.717) is 5.75 Å². The number of rotatable bonds is 6. The normalized spacial score (nSPS) is 15.0. The summed E-state index contributed by atoms with van der Waals surface area (Å²) in [5.41, 5.74) is -0.484. The fourth-order valence-electron chi connectivity index (χ4n) is 4.02. The third-order valence-electron chi connectivity index (χ3n) is 5.69. The van der Waals surface area contributed by atoms with E-state index in [1.54, 1.807) is 53.3 Å². The zero-order valence-electron chi connectivity index (χ0n) is 18.1. The molecule has 3 aromatic rings. The van der Waals surface area contributed by atoms with E-state index in [2.05, 4.69) is 24.8 Å². The van der Waals surface area contributed by atoms with Gasteiger partial charge in [-0.1, -0.05) is 21.4 Å². The number of aromatic nitrogens is 3. The summed E-state index contributed by atoms with van der Waals surface area (Å²) >= 11 is 0. The zero-order chi connectivity index (χ0) is 22.7. The number of aryl methyl sites for hydroxylation is 1. The summed E-state index contributed by atoms with van der Waals surface area (Å²) in [6.45, 7) is 3.53. The number of ether oxygens (including phenoxy) is 1. The lowest BCUT2D eigenvalue weighted by Gasteiger charge is -2.40. The third kappa shape index (κ3) is 4.80. The van der Waals surface area contributed by atoms with Crippen molar-refractivity contribution in [3.63, 3.8) is 0 Å². The van der Waals surface area contributed by atoms with E-state index in [4.69, 9.17) is 4.74 Å². The number of hydrogen-bond acceptors (Lipinski definition) is 6. The molecule has 6 nitrogen and oxygen atoms in total. The molecule has 0 aliphatic carbocycles.